The van der Waals surface area contributed by atoms with Crippen molar-refractivity contribution < 1.29 is 14.7 Å². The summed E-state index contributed by atoms with van der Waals surface area (Å²) >= 11 is 4.79. The van der Waals surface area contributed by atoms with Gasteiger partial charge in [-0.25, -0.2) is 0 Å². The molecular weight excluding hydrogens is 438 g/mol. The number of hydrogen-bond acceptors (Lipinski definition) is 4. The van der Waals surface area contributed by atoms with Gasteiger partial charge in [-0.1, -0.05) is 46.3 Å². The molecule has 3 aromatic rings. The molecule has 1 aromatic heterocycles. The monoisotopic (exact) mass is 455 g/mol. The van der Waals surface area contributed by atoms with Gasteiger partial charge >= 0.3 is 0 Å². The lowest BCUT2D eigenvalue weighted by Crippen LogP contribution is -2.41. The van der Waals surface area contributed by atoms with Gasteiger partial charge in [0.05, 0.1) is 23.5 Å². The highest BCUT2D eigenvalue weighted by Gasteiger charge is 2.51. The van der Waals surface area contributed by atoms with Crippen molar-refractivity contribution in [1.82, 2.24) is 0 Å². The second kappa shape index (κ2) is 7.28. The van der Waals surface area contributed by atoms with Crippen molar-refractivity contribution in [2.24, 2.45) is 0 Å². The van der Waals surface area contributed by atoms with Crippen LogP contribution < -0.4 is 4.90 Å². The highest BCUT2D eigenvalue weighted by atomic mass is 79.9. The standard InChI is InChI=1S/C22H18BrNO3S/c1-14-7-10-20(28-14)19(25)12-22(27)17-11-16(23)8-9-18(17)24(21(22)26)13-15-5-3-2-4-6-15/h2-11,27H,12-13H2,1H3/t22-/m0/s1. The Balaban J connectivity index is 1.72. The number of nitrogens with zero attached hydrogens (tertiary/aromatic N) is 1. The second-order valence-electron chi connectivity index (χ2n) is 6.91. The Bertz CT molecular complexity index is 1060. The average Bonchev–Trinajstić information content (AvgIpc) is 3.19. The van der Waals surface area contributed by atoms with Crippen molar-refractivity contribution in [3.05, 3.63) is 86.0 Å². The Morgan fingerprint density at radius 3 is 2.57 bits per heavy atom. The van der Waals surface area contributed by atoms with Gasteiger partial charge in [0.1, 0.15) is 0 Å². The van der Waals surface area contributed by atoms with Crippen molar-refractivity contribution >= 4 is 44.6 Å². The van der Waals surface area contributed by atoms with E-state index in [1.54, 1.807) is 23.1 Å². The highest BCUT2D eigenvalue weighted by molar-refractivity contribution is 9.10. The molecule has 6 heteroatoms. The number of benzene rings is 2. The number of ketones is 1. The number of anilines is 1. The van der Waals surface area contributed by atoms with Crippen LogP contribution in [0.1, 0.15) is 32.1 Å². The quantitative estimate of drug-likeness (QED) is 0.560. The number of Topliss-reactive ketones (excluding diaryl/α,β-unsaturated/α-hetero) is 1. The molecule has 4 rings (SSSR count). The molecule has 0 radical (unpaired) electrons. The lowest BCUT2D eigenvalue weighted by atomic mass is 9.89. The number of carbonyl (C=O) groups is 2. The minimum Gasteiger partial charge on any atom is -0.375 e. The van der Waals surface area contributed by atoms with Crippen LogP contribution in [0, 0.1) is 6.92 Å². The molecule has 1 aliphatic rings. The highest BCUT2D eigenvalue weighted by Crippen LogP contribution is 2.45. The number of halogens is 1. The number of fused-ring (bicyclic) bond motifs is 1. The van der Waals surface area contributed by atoms with E-state index in [1.165, 1.54) is 11.3 Å². The smallest absolute Gasteiger partial charge is 0.264 e. The van der Waals surface area contributed by atoms with E-state index in [2.05, 4.69) is 15.9 Å². The molecule has 0 saturated carbocycles. The van der Waals surface area contributed by atoms with Gasteiger partial charge in [-0.3, -0.25) is 9.59 Å². The lowest BCUT2D eigenvalue weighted by molar-refractivity contribution is -0.136. The summed E-state index contributed by atoms with van der Waals surface area (Å²) in [7, 11) is 0. The van der Waals surface area contributed by atoms with Gasteiger partial charge in [0, 0.05) is 14.9 Å². The number of rotatable bonds is 5. The number of aliphatic hydroxyl groups is 1. The van der Waals surface area contributed by atoms with Crippen LogP contribution in [-0.4, -0.2) is 16.8 Å². The Kier molecular flexibility index (Phi) is 4.95. The van der Waals surface area contributed by atoms with Crippen LogP contribution in [0.4, 0.5) is 5.69 Å². The molecule has 142 valence electrons. The summed E-state index contributed by atoms with van der Waals surface area (Å²) in [6, 6.07) is 18.6. The van der Waals surface area contributed by atoms with Gasteiger partial charge in [-0.15, -0.1) is 11.3 Å². The number of thiophene rings is 1. The Morgan fingerprint density at radius 2 is 1.89 bits per heavy atom. The van der Waals surface area contributed by atoms with Crippen LogP contribution in [0.15, 0.2) is 65.1 Å². The first-order chi connectivity index (χ1) is 13.4. The van der Waals surface area contributed by atoms with Gasteiger partial charge in [0.25, 0.3) is 5.91 Å². The van der Waals surface area contributed by atoms with Crippen molar-refractivity contribution in [3.63, 3.8) is 0 Å². The van der Waals surface area contributed by atoms with Crippen molar-refractivity contribution in [2.75, 3.05) is 4.90 Å². The molecular formula is C22H18BrNO3S. The zero-order valence-corrected chi connectivity index (χ0v) is 17.6. The van der Waals surface area contributed by atoms with Crippen molar-refractivity contribution in [3.8, 4) is 0 Å². The summed E-state index contributed by atoms with van der Waals surface area (Å²) in [6.07, 6.45) is -0.277. The largest absolute Gasteiger partial charge is 0.375 e. The number of amides is 1. The average molecular weight is 456 g/mol. The molecule has 28 heavy (non-hydrogen) atoms. The summed E-state index contributed by atoms with van der Waals surface area (Å²) in [5, 5.41) is 11.4. The van der Waals surface area contributed by atoms with E-state index < -0.39 is 11.5 Å². The second-order valence-corrected chi connectivity index (χ2v) is 9.11. The molecule has 0 saturated heterocycles. The number of hydrogen-bond donors (Lipinski definition) is 1. The van der Waals surface area contributed by atoms with Crippen molar-refractivity contribution in [1.29, 1.82) is 0 Å². The van der Waals surface area contributed by atoms with E-state index in [4.69, 9.17) is 0 Å². The van der Waals surface area contributed by atoms with E-state index in [0.717, 1.165) is 14.9 Å². The number of aryl methyl sites for hydroxylation is 1. The van der Waals surface area contributed by atoms with Crippen LogP contribution in [0.5, 0.6) is 0 Å². The van der Waals surface area contributed by atoms with E-state index >= 15 is 0 Å². The molecule has 1 atom stereocenters. The van der Waals surface area contributed by atoms with Crippen LogP contribution in [0.25, 0.3) is 0 Å². The fourth-order valence-corrected chi connectivity index (χ4v) is 4.69. The predicted octanol–water partition coefficient (Wildman–Crippen LogP) is 4.83. The first kappa shape index (κ1) is 19.1. The van der Waals surface area contributed by atoms with E-state index in [1.807, 2.05) is 49.4 Å². The fourth-order valence-electron chi connectivity index (χ4n) is 3.52. The molecule has 0 fully saturated rings. The summed E-state index contributed by atoms with van der Waals surface area (Å²) in [6.45, 7) is 2.26. The van der Waals surface area contributed by atoms with E-state index in [0.29, 0.717) is 22.7 Å². The molecule has 4 nitrogen and oxygen atoms in total. The van der Waals surface area contributed by atoms with Gasteiger partial charge < -0.3 is 10.0 Å². The van der Waals surface area contributed by atoms with Crippen LogP contribution in [0.2, 0.25) is 0 Å². The maximum Gasteiger partial charge on any atom is 0.264 e. The van der Waals surface area contributed by atoms with Crippen molar-refractivity contribution in [2.45, 2.75) is 25.5 Å². The third kappa shape index (κ3) is 3.32. The van der Waals surface area contributed by atoms with Gasteiger partial charge in [-0.2, -0.15) is 0 Å². The molecule has 0 unspecified atom stereocenters. The Morgan fingerprint density at radius 1 is 1.14 bits per heavy atom. The molecule has 1 amide bonds. The molecule has 1 N–H and O–H groups in total. The van der Waals surface area contributed by atoms with E-state index in [9.17, 15) is 14.7 Å². The third-order valence-electron chi connectivity index (χ3n) is 4.91. The van der Waals surface area contributed by atoms with Gasteiger partial charge in [0.2, 0.25) is 0 Å². The van der Waals surface area contributed by atoms with E-state index in [-0.39, 0.29) is 12.2 Å². The first-order valence-electron chi connectivity index (χ1n) is 8.86. The number of carbonyl (C=O) groups excluding carboxylic acids is 2. The molecule has 1 aliphatic heterocycles. The van der Waals surface area contributed by atoms with Crippen LogP contribution >= 0.6 is 27.3 Å². The minimum atomic E-state index is -1.87. The van der Waals surface area contributed by atoms with Gasteiger partial charge in [-0.05, 0) is 42.8 Å². The topological polar surface area (TPSA) is 57.6 Å². The zero-order chi connectivity index (χ0) is 19.9. The lowest BCUT2D eigenvalue weighted by Gasteiger charge is -2.22. The van der Waals surface area contributed by atoms with Gasteiger partial charge in [0.15, 0.2) is 11.4 Å². The molecule has 2 heterocycles. The van der Waals surface area contributed by atoms with Crippen LogP contribution in [-0.2, 0) is 16.9 Å². The summed E-state index contributed by atoms with van der Waals surface area (Å²) < 4.78 is 0.749. The third-order valence-corrected chi connectivity index (χ3v) is 6.44. The minimum absolute atomic E-state index is 0.235. The zero-order valence-electron chi connectivity index (χ0n) is 15.2. The SMILES string of the molecule is Cc1ccc(C(=O)C[C@@]2(O)C(=O)N(Cc3ccccc3)c3ccc(Br)cc32)s1. The Labute approximate surface area is 175 Å². The molecule has 0 bridgehead atoms. The first-order valence-corrected chi connectivity index (χ1v) is 10.5. The summed E-state index contributed by atoms with van der Waals surface area (Å²) in [4.78, 5) is 29.2. The molecule has 2 aromatic carbocycles. The maximum atomic E-state index is 13.3. The maximum absolute atomic E-state index is 13.3. The molecule has 0 aliphatic carbocycles. The summed E-state index contributed by atoms with van der Waals surface area (Å²) in [5.74, 6) is -0.701. The normalized spacial score (nSPS) is 18.4. The Hall–Kier alpha value is -2.28. The van der Waals surface area contributed by atoms with Crippen LogP contribution in [0.3, 0.4) is 0 Å². The summed E-state index contributed by atoms with van der Waals surface area (Å²) in [5.41, 5.74) is 0.177. The fraction of sp³-hybridized carbons (Fsp3) is 0.182. The molecule has 0 spiro atoms. The predicted molar refractivity (Wildman–Crippen MR) is 114 cm³/mol.